The Bertz CT molecular complexity index is 432. The van der Waals surface area contributed by atoms with E-state index in [1.54, 1.807) is 0 Å². The molecule has 0 aliphatic heterocycles. The molecule has 0 aliphatic carbocycles. The summed E-state index contributed by atoms with van der Waals surface area (Å²) < 4.78 is 0. The van der Waals surface area contributed by atoms with Crippen molar-refractivity contribution in [3.8, 4) is 0 Å². The van der Waals surface area contributed by atoms with Crippen LogP contribution in [0.4, 0.5) is 0 Å². The maximum Gasteiger partial charge on any atom is 0.188 e. The topological polar surface area (TPSA) is 50.4 Å². The van der Waals surface area contributed by atoms with Crippen molar-refractivity contribution < 1.29 is 0 Å². The number of hydrogen-bond donors (Lipinski definition) is 2. The van der Waals surface area contributed by atoms with Crippen LogP contribution in [0.3, 0.4) is 0 Å². The largest absolute Gasteiger partial charge is 0.370 e. The molecule has 3 N–H and O–H groups in total. The lowest BCUT2D eigenvalue weighted by Gasteiger charge is -2.10. The lowest BCUT2D eigenvalue weighted by molar-refractivity contribution is 0.843. The molecule has 0 spiro atoms. The van der Waals surface area contributed by atoms with E-state index in [2.05, 4.69) is 48.9 Å². The zero-order valence-corrected chi connectivity index (χ0v) is 14.3. The van der Waals surface area contributed by atoms with Gasteiger partial charge in [-0.15, -0.1) is 24.0 Å². The first-order valence-corrected chi connectivity index (χ1v) is 6.24. The summed E-state index contributed by atoms with van der Waals surface area (Å²) in [4.78, 5) is 4.18. The first-order chi connectivity index (χ1) is 8.50. The molecule has 0 heterocycles. The van der Waals surface area contributed by atoms with Crippen molar-refractivity contribution in [3.05, 3.63) is 47.0 Å². The minimum Gasteiger partial charge on any atom is -0.370 e. The molecule has 0 saturated heterocycles. The van der Waals surface area contributed by atoms with Gasteiger partial charge < -0.3 is 11.1 Å². The van der Waals surface area contributed by atoms with Gasteiger partial charge in [-0.05, 0) is 43.9 Å². The summed E-state index contributed by atoms with van der Waals surface area (Å²) in [6, 6.07) is 6.37. The number of hydrogen-bond acceptors (Lipinski definition) is 1. The Hall–Kier alpha value is -1.04. The van der Waals surface area contributed by atoms with Crippen LogP contribution >= 0.6 is 24.0 Å². The van der Waals surface area contributed by atoms with Crippen molar-refractivity contribution in [3.63, 3.8) is 0 Å². The van der Waals surface area contributed by atoms with E-state index >= 15 is 0 Å². The number of rotatable bonds is 5. The maximum atomic E-state index is 5.76. The predicted octanol–water partition coefficient (Wildman–Crippen LogP) is 2.94. The van der Waals surface area contributed by atoms with Gasteiger partial charge in [0.15, 0.2) is 5.96 Å². The molecule has 0 aromatic heterocycles. The maximum absolute atomic E-state index is 5.76. The van der Waals surface area contributed by atoms with Crippen LogP contribution in [0, 0.1) is 13.8 Å². The molecule has 4 heteroatoms. The van der Waals surface area contributed by atoms with E-state index in [0.717, 1.165) is 18.5 Å². The highest BCUT2D eigenvalue weighted by molar-refractivity contribution is 14.0. The van der Waals surface area contributed by atoms with Crippen molar-refractivity contribution in [1.82, 2.24) is 5.32 Å². The lowest BCUT2D eigenvalue weighted by Crippen LogP contribution is -2.33. The van der Waals surface area contributed by atoms with Gasteiger partial charge >= 0.3 is 0 Å². The van der Waals surface area contributed by atoms with Gasteiger partial charge in [-0.2, -0.15) is 0 Å². The van der Waals surface area contributed by atoms with Gasteiger partial charge in [0.05, 0.1) is 6.54 Å². The van der Waals surface area contributed by atoms with Crippen LogP contribution in [0.5, 0.6) is 0 Å². The van der Waals surface area contributed by atoms with Crippen LogP contribution in [0.25, 0.3) is 0 Å². The van der Waals surface area contributed by atoms with Crippen molar-refractivity contribution in [2.24, 2.45) is 10.7 Å². The van der Waals surface area contributed by atoms with Gasteiger partial charge in [0.2, 0.25) is 0 Å². The molecule has 1 aromatic rings. The molecule has 0 saturated carbocycles. The monoisotopic (exact) mass is 373 g/mol. The van der Waals surface area contributed by atoms with Crippen molar-refractivity contribution in [2.75, 3.05) is 13.1 Å². The molecular weight excluding hydrogens is 349 g/mol. The van der Waals surface area contributed by atoms with Gasteiger partial charge in [-0.1, -0.05) is 30.4 Å². The van der Waals surface area contributed by atoms with E-state index in [-0.39, 0.29) is 24.0 Å². The summed E-state index contributed by atoms with van der Waals surface area (Å²) in [6.07, 6.45) is 0.960. The first kappa shape index (κ1) is 18.0. The summed E-state index contributed by atoms with van der Waals surface area (Å²) in [6.45, 7) is 11.4. The highest BCUT2D eigenvalue weighted by Gasteiger charge is 2.01. The third-order valence-corrected chi connectivity index (χ3v) is 2.84. The minimum absolute atomic E-state index is 0. The minimum atomic E-state index is 0. The van der Waals surface area contributed by atoms with Crippen LogP contribution in [0.15, 0.2) is 35.3 Å². The Labute approximate surface area is 133 Å². The second-order valence-electron chi connectivity index (χ2n) is 4.71. The van der Waals surface area contributed by atoms with E-state index in [1.165, 1.54) is 16.7 Å². The fourth-order valence-electron chi connectivity index (χ4n) is 1.83. The molecule has 0 aliphatic rings. The fraction of sp³-hybridized carbons (Fsp3) is 0.400. The fourth-order valence-corrected chi connectivity index (χ4v) is 1.83. The number of benzene rings is 1. The zero-order chi connectivity index (χ0) is 13.5. The van der Waals surface area contributed by atoms with Crippen molar-refractivity contribution in [2.45, 2.75) is 27.2 Å². The van der Waals surface area contributed by atoms with E-state index in [9.17, 15) is 0 Å². The molecule has 0 amide bonds. The summed E-state index contributed by atoms with van der Waals surface area (Å²) in [5.41, 5.74) is 10.8. The zero-order valence-electron chi connectivity index (χ0n) is 12.0. The Balaban J connectivity index is 0.00000324. The number of aliphatic imine (C=N–C) groups is 1. The molecule has 0 bridgehead atoms. The van der Waals surface area contributed by atoms with Gasteiger partial charge in [0.1, 0.15) is 0 Å². The molecule has 3 nitrogen and oxygen atoms in total. The molecule has 0 atom stereocenters. The second-order valence-corrected chi connectivity index (χ2v) is 4.71. The molecule has 0 radical (unpaired) electrons. The Morgan fingerprint density at radius 2 is 1.89 bits per heavy atom. The van der Waals surface area contributed by atoms with Crippen LogP contribution in [0.2, 0.25) is 0 Å². The lowest BCUT2D eigenvalue weighted by atomic mass is 10.0. The van der Waals surface area contributed by atoms with Crippen LogP contribution < -0.4 is 11.1 Å². The molecule has 19 heavy (non-hydrogen) atoms. The summed E-state index contributed by atoms with van der Waals surface area (Å²) in [5, 5.41) is 3.13. The summed E-state index contributed by atoms with van der Waals surface area (Å²) >= 11 is 0. The average molecular weight is 373 g/mol. The number of nitrogens with zero attached hydrogens (tertiary/aromatic N) is 1. The number of nitrogens with one attached hydrogen (secondary N) is 1. The predicted molar refractivity (Wildman–Crippen MR) is 94.3 cm³/mol. The third-order valence-electron chi connectivity index (χ3n) is 2.84. The molecule has 0 unspecified atom stereocenters. The molecule has 1 aromatic carbocycles. The molecule has 1 rings (SSSR count). The Morgan fingerprint density at radius 1 is 1.32 bits per heavy atom. The first-order valence-electron chi connectivity index (χ1n) is 6.24. The van der Waals surface area contributed by atoms with E-state index in [0.29, 0.717) is 12.5 Å². The number of guanidine groups is 1. The number of nitrogens with two attached hydrogens (primary N) is 1. The number of halogens is 1. The molecular formula is C15H24IN3. The van der Waals surface area contributed by atoms with E-state index in [4.69, 9.17) is 5.73 Å². The Kier molecular flexibility index (Phi) is 8.47. The highest BCUT2D eigenvalue weighted by Crippen LogP contribution is 2.13. The second kappa shape index (κ2) is 8.96. The van der Waals surface area contributed by atoms with E-state index < -0.39 is 0 Å². The van der Waals surface area contributed by atoms with Crippen LogP contribution in [0.1, 0.15) is 23.6 Å². The van der Waals surface area contributed by atoms with Gasteiger partial charge in [-0.25, -0.2) is 4.99 Å². The van der Waals surface area contributed by atoms with Gasteiger partial charge in [-0.3, -0.25) is 0 Å². The van der Waals surface area contributed by atoms with Crippen LogP contribution in [-0.4, -0.2) is 19.0 Å². The SMILES string of the molecule is C=C(C)CN=C(N)NCCc1c(C)cccc1C.I. The summed E-state index contributed by atoms with van der Waals surface area (Å²) in [5.74, 6) is 0.490. The highest BCUT2D eigenvalue weighted by atomic mass is 127. The smallest absolute Gasteiger partial charge is 0.188 e. The normalized spacial score (nSPS) is 10.8. The van der Waals surface area contributed by atoms with Crippen molar-refractivity contribution in [1.29, 1.82) is 0 Å². The third kappa shape index (κ3) is 6.61. The average Bonchev–Trinajstić information content (AvgIpc) is 2.30. The Morgan fingerprint density at radius 3 is 2.42 bits per heavy atom. The number of aryl methyl sites for hydroxylation is 2. The van der Waals surface area contributed by atoms with Crippen LogP contribution in [-0.2, 0) is 6.42 Å². The van der Waals surface area contributed by atoms with Gasteiger partial charge in [0, 0.05) is 6.54 Å². The molecule has 106 valence electrons. The van der Waals surface area contributed by atoms with Crippen molar-refractivity contribution >= 4 is 29.9 Å². The summed E-state index contributed by atoms with van der Waals surface area (Å²) in [7, 11) is 0. The molecule has 0 fully saturated rings. The standard InChI is InChI=1S/C15H23N3.HI/c1-11(2)10-18-15(16)17-9-8-14-12(3)6-5-7-13(14)4;/h5-7H,1,8-10H2,2-4H3,(H3,16,17,18);1H. The van der Waals surface area contributed by atoms with Gasteiger partial charge in [0.25, 0.3) is 0 Å². The van der Waals surface area contributed by atoms with E-state index in [1.807, 2.05) is 6.92 Å². The quantitative estimate of drug-likeness (QED) is 0.361.